The number of hydrogen-bond acceptors (Lipinski definition) is 4. The topological polar surface area (TPSA) is 98.0 Å². The Bertz CT molecular complexity index is 485. The first kappa shape index (κ1) is 10.2. The third-order valence-corrected chi connectivity index (χ3v) is 1.84. The zero-order chi connectivity index (χ0) is 10.9. The number of hydrogen-bond donors (Lipinski definition) is 1. The molecule has 0 saturated carbocycles. The third kappa shape index (κ3) is 1.43. The van der Waals surface area contributed by atoms with Crippen LogP contribution in [0.5, 0.6) is 0 Å². The van der Waals surface area contributed by atoms with Gasteiger partial charge in [-0.15, -0.1) is 0 Å². The van der Waals surface area contributed by atoms with Crippen molar-refractivity contribution in [3.8, 4) is 0 Å². The molecular weight excluding hydrogens is 190 g/mol. The molecule has 0 saturated heterocycles. The molecule has 0 unspecified atom stereocenters. The summed E-state index contributed by atoms with van der Waals surface area (Å²) in [6, 6.07) is 0. The lowest BCUT2D eigenvalue weighted by molar-refractivity contribution is -0.387. The Morgan fingerprint density at radius 3 is 2.50 bits per heavy atom. The van der Waals surface area contributed by atoms with E-state index >= 15 is 0 Å². The molecule has 0 bridgehead atoms. The Morgan fingerprint density at radius 1 is 1.50 bits per heavy atom. The van der Waals surface area contributed by atoms with Crippen LogP contribution in [0.15, 0.2) is 9.59 Å². The fraction of sp³-hybridized carbons (Fsp3) is 0.429. The van der Waals surface area contributed by atoms with E-state index in [2.05, 4.69) is 4.98 Å². The SMILES string of the molecule is CCn1c(=O)[nH]c(C)c([N+](=O)[O-])c1=O. The second-order valence-corrected chi connectivity index (χ2v) is 2.71. The third-order valence-electron chi connectivity index (χ3n) is 1.84. The molecule has 1 aromatic heterocycles. The molecule has 7 heteroatoms. The summed E-state index contributed by atoms with van der Waals surface area (Å²) in [7, 11) is 0. The molecule has 1 heterocycles. The molecular formula is C7H9N3O4. The molecule has 0 amide bonds. The summed E-state index contributed by atoms with van der Waals surface area (Å²) in [6.45, 7) is 2.99. The van der Waals surface area contributed by atoms with Gasteiger partial charge in [0.25, 0.3) is 0 Å². The molecule has 0 aliphatic carbocycles. The van der Waals surface area contributed by atoms with Gasteiger partial charge in [0.15, 0.2) is 0 Å². The number of nitrogens with zero attached hydrogens (tertiary/aromatic N) is 2. The number of nitro groups is 1. The monoisotopic (exact) mass is 199 g/mol. The first-order valence-corrected chi connectivity index (χ1v) is 3.97. The fourth-order valence-corrected chi connectivity index (χ4v) is 1.17. The van der Waals surface area contributed by atoms with Crippen molar-refractivity contribution in [2.75, 3.05) is 0 Å². The first-order valence-electron chi connectivity index (χ1n) is 3.97. The second-order valence-electron chi connectivity index (χ2n) is 2.71. The van der Waals surface area contributed by atoms with Crippen molar-refractivity contribution in [2.45, 2.75) is 20.4 Å². The van der Waals surface area contributed by atoms with Crippen molar-refractivity contribution in [3.05, 3.63) is 36.6 Å². The van der Waals surface area contributed by atoms with E-state index in [1.54, 1.807) is 6.92 Å². The minimum atomic E-state index is -0.862. The Labute approximate surface area is 78.2 Å². The predicted molar refractivity (Wildman–Crippen MR) is 48.4 cm³/mol. The van der Waals surface area contributed by atoms with Gasteiger partial charge in [0, 0.05) is 6.54 Å². The molecule has 0 fully saturated rings. The largest absolute Gasteiger partial charge is 0.353 e. The number of aryl methyl sites for hydroxylation is 1. The summed E-state index contributed by atoms with van der Waals surface area (Å²) in [5, 5.41) is 10.5. The molecule has 0 aromatic carbocycles. The van der Waals surface area contributed by atoms with Gasteiger partial charge in [-0.1, -0.05) is 0 Å². The summed E-state index contributed by atoms with van der Waals surface area (Å²) >= 11 is 0. The number of aromatic amines is 1. The standard InChI is InChI=1S/C7H9N3O4/c1-3-9-6(11)5(10(13)14)4(2)8-7(9)12/h3H2,1-2H3,(H,8,12). The Balaban J connectivity index is 3.70. The summed E-state index contributed by atoms with van der Waals surface area (Å²) in [5.74, 6) is 0. The normalized spacial score (nSPS) is 10.1. The van der Waals surface area contributed by atoms with E-state index < -0.39 is 21.9 Å². The second kappa shape index (κ2) is 3.44. The molecule has 0 aliphatic rings. The number of H-pyrrole nitrogens is 1. The lowest BCUT2D eigenvalue weighted by Crippen LogP contribution is -2.36. The molecule has 1 aromatic rings. The van der Waals surface area contributed by atoms with Crippen molar-refractivity contribution < 1.29 is 4.92 Å². The molecule has 0 spiro atoms. The van der Waals surface area contributed by atoms with E-state index in [1.165, 1.54) is 6.92 Å². The predicted octanol–water partition coefficient (Wildman–Crippen LogP) is -0.227. The van der Waals surface area contributed by atoms with E-state index in [9.17, 15) is 19.7 Å². The van der Waals surface area contributed by atoms with Crippen LogP contribution in [0.4, 0.5) is 5.69 Å². The Hall–Kier alpha value is -1.92. The van der Waals surface area contributed by atoms with Crippen molar-refractivity contribution in [1.82, 2.24) is 9.55 Å². The van der Waals surface area contributed by atoms with E-state index in [0.717, 1.165) is 4.57 Å². The minimum absolute atomic E-state index is 0.0188. The van der Waals surface area contributed by atoms with Crippen molar-refractivity contribution >= 4 is 5.69 Å². The molecule has 0 aliphatic heterocycles. The Kier molecular flexibility index (Phi) is 2.50. The van der Waals surface area contributed by atoms with Gasteiger partial charge in [-0.05, 0) is 13.8 Å². The summed E-state index contributed by atoms with van der Waals surface area (Å²) in [4.78, 5) is 34.5. The van der Waals surface area contributed by atoms with Crippen LogP contribution < -0.4 is 11.2 Å². The van der Waals surface area contributed by atoms with Gasteiger partial charge in [0.05, 0.1) is 4.92 Å². The first-order chi connectivity index (χ1) is 6.49. The minimum Gasteiger partial charge on any atom is -0.305 e. The van der Waals surface area contributed by atoms with Crippen molar-refractivity contribution in [1.29, 1.82) is 0 Å². The average Bonchev–Trinajstić information content (AvgIpc) is 2.02. The van der Waals surface area contributed by atoms with Crippen LogP contribution in [-0.4, -0.2) is 14.5 Å². The smallest absolute Gasteiger partial charge is 0.305 e. The van der Waals surface area contributed by atoms with Crippen molar-refractivity contribution in [2.24, 2.45) is 0 Å². The fourth-order valence-electron chi connectivity index (χ4n) is 1.17. The van der Waals surface area contributed by atoms with Crippen LogP contribution in [-0.2, 0) is 6.54 Å². The maximum absolute atomic E-state index is 11.4. The van der Waals surface area contributed by atoms with Gasteiger partial charge in [0.1, 0.15) is 5.69 Å². The number of nitrogens with one attached hydrogen (secondary N) is 1. The van der Waals surface area contributed by atoms with E-state index in [4.69, 9.17) is 0 Å². The highest BCUT2D eigenvalue weighted by Gasteiger charge is 2.20. The zero-order valence-electron chi connectivity index (χ0n) is 7.73. The lowest BCUT2D eigenvalue weighted by atomic mass is 10.4. The summed E-state index contributed by atoms with van der Waals surface area (Å²) < 4.78 is 0.783. The van der Waals surface area contributed by atoms with Crippen LogP contribution in [0.1, 0.15) is 12.6 Å². The van der Waals surface area contributed by atoms with Gasteiger partial charge in [-0.2, -0.15) is 0 Å². The quantitative estimate of drug-likeness (QED) is 0.525. The molecule has 76 valence electrons. The van der Waals surface area contributed by atoms with Crippen molar-refractivity contribution in [3.63, 3.8) is 0 Å². The van der Waals surface area contributed by atoms with Crippen LogP contribution in [0.2, 0.25) is 0 Å². The molecule has 1 N–H and O–H groups in total. The summed E-state index contributed by atoms with van der Waals surface area (Å²) in [5.41, 5.74) is -2.08. The molecule has 0 atom stereocenters. The maximum atomic E-state index is 11.4. The zero-order valence-corrected chi connectivity index (χ0v) is 7.73. The van der Waals surface area contributed by atoms with Gasteiger partial charge >= 0.3 is 16.9 Å². The van der Waals surface area contributed by atoms with Gasteiger partial charge in [0.2, 0.25) is 0 Å². The van der Waals surface area contributed by atoms with Gasteiger partial charge in [-0.25, -0.2) is 4.79 Å². The maximum Gasteiger partial charge on any atom is 0.353 e. The highest BCUT2D eigenvalue weighted by Crippen LogP contribution is 2.05. The van der Waals surface area contributed by atoms with Crippen LogP contribution >= 0.6 is 0 Å². The van der Waals surface area contributed by atoms with Crippen LogP contribution in [0, 0.1) is 17.0 Å². The number of aromatic nitrogens is 2. The molecule has 0 radical (unpaired) electrons. The number of rotatable bonds is 2. The molecule has 14 heavy (non-hydrogen) atoms. The van der Waals surface area contributed by atoms with E-state index in [0.29, 0.717) is 0 Å². The average molecular weight is 199 g/mol. The molecule has 1 rings (SSSR count). The van der Waals surface area contributed by atoms with Gasteiger partial charge < -0.3 is 4.98 Å². The Morgan fingerprint density at radius 2 is 2.07 bits per heavy atom. The summed E-state index contributed by atoms with van der Waals surface area (Å²) in [6.07, 6.45) is 0. The highest BCUT2D eigenvalue weighted by atomic mass is 16.6. The highest BCUT2D eigenvalue weighted by molar-refractivity contribution is 5.30. The van der Waals surface area contributed by atoms with Crippen LogP contribution in [0.3, 0.4) is 0 Å². The molecule has 7 nitrogen and oxygen atoms in total. The van der Waals surface area contributed by atoms with E-state index in [1.807, 2.05) is 0 Å². The van der Waals surface area contributed by atoms with E-state index in [-0.39, 0.29) is 12.2 Å². The van der Waals surface area contributed by atoms with Gasteiger partial charge in [-0.3, -0.25) is 19.5 Å². The van der Waals surface area contributed by atoms with Crippen LogP contribution in [0.25, 0.3) is 0 Å². The lowest BCUT2D eigenvalue weighted by Gasteiger charge is -2.01.